The highest BCUT2D eigenvalue weighted by Gasteiger charge is 2.33. The monoisotopic (exact) mass is 246 g/mol. The van der Waals surface area contributed by atoms with Crippen LogP contribution in [0.4, 0.5) is 0 Å². The number of nitrogens with zero attached hydrogens (tertiary/aromatic N) is 1. The maximum Gasteiger partial charge on any atom is 0.242 e. The van der Waals surface area contributed by atoms with Crippen molar-refractivity contribution in [3.63, 3.8) is 0 Å². The lowest BCUT2D eigenvalue weighted by molar-refractivity contribution is -0.132. The van der Waals surface area contributed by atoms with E-state index in [-0.39, 0.29) is 24.4 Å². The van der Waals surface area contributed by atoms with Gasteiger partial charge in [-0.1, -0.05) is 18.2 Å². The van der Waals surface area contributed by atoms with Crippen LogP contribution in [0.2, 0.25) is 0 Å². The van der Waals surface area contributed by atoms with Gasteiger partial charge in [0.15, 0.2) is 0 Å². The zero-order valence-electron chi connectivity index (χ0n) is 9.89. The van der Waals surface area contributed by atoms with Gasteiger partial charge in [0.25, 0.3) is 0 Å². The SMILES string of the molecule is O=C1CCN(C2COc3ccccc32)C(=O)CN1. The fraction of sp³-hybridized carbons (Fsp3) is 0.385. The lowest BCUT2D eigenvalue weighted by atomic mass is 10.1. The Morgan fingerprint density at radius 3 is 3.00 bits per heavy atom. The molecule has 1 aromatic carbocycles. The largest absolute Gasteiger partial charge is 0.491 e. The molecule has 0 aromatic heterocycles. The zero-order chi connectivity index (χ0) is 12.5. The van der Waals surface area contributed by atoms with Crippen molar-refractivity contribution in [3.05, 3.63) is 29.8 Å². The molecular weight excluding hydrogens is 232 g/mol. The van der Waals surface area contributed by atoms with Gasteiger partial charge in [-0.25, -0.2) is 0 Å². The number of ether oxygens (including phenoxy) is 1. The normalized spacial score (nSPS) is 23.1. The fourth-order valence-electron chi connectivity index (χ4n) is 2.44. The van der Waals surface area contributed by atoms with Crippen molar-refractivity contribution >= 4 is 11.8 Å². The number of hydrogen-bond donors (Lipinski definition) is 1. The van der Waals surface area contributed by atoms with Gasteiger partial charge in [-0.05, 0) is 6.07 Å². The average molecular weight is 246 g/mol. The van der Waals surface area contributed by atoms with Crippen LogP contribution in [0.5, 0.6) is 5.75 Å². The number of fused-ring (bicyclic) bond motifs is 1. The molecule has 2 amide bonds. The van der Waals surface area contributed by atoms with Gasteiger partial charge in [-0.3, -0.25) is 9.59 Å². The van der Waals surface area contributed by atoms with Crippen LogP contribution in [0.25, 0.3) is 0 Å². The number of carbonyl (C=O) groups is 2. The van der Waals surface area contributed by atoms with Gasteiger partial charge in [-0.15, -0.1) is 0 Å². The van der Waals surface area contributed by atoms with Gasteiger partial charge in [-0.2, -0.15) is 0 Å². The average Bonchev–Trinajstić information content (AvgIpc) is 2.73. The molecular formula is C13H14N2O3. The highest BCUT2D eigenvalue weighted by molar-refractivity contribution is 5.87. The first-order valence-corrected chi connectivity index (χ1v) is 6.03. The maximum absolute atomic E-state index is 12.0. The number of benzene rings is 1. The standard InChI is InChI=1S/C13H14N2O3/c16-12-5-6-15(13(17)7-14-12)10-8-18-11-4-2-1-3-9(10)11/h1-4,10H,5-8H2,(H,14,16). The molecule has 0 bridgehead atoms. The van der Waals surface area contributed by atoms with Crippen LogP contribution in [0.3, 0.4) is 0 Å². The molecule has 2 aliphatic rings. The Morgan fingerprint density at radius 2 is 2.11 bits per heavy atom. The molecule has 18 heavy (non-hydrogen) atoms. The van der Waals surface area contributed by atoms with Crippen LogP contribution < -0.4 is 10.1 Å². The molecule has 1 saturated heterocycles. The number of para-hydroxylation sites is 1. The third-order valence-electron chi connectivity index (χ3n) is 3.39. The first-order valence-electron chi connectivity index (χ1n) is 6.03. The Kier molecular flexibility index (Phi) is 2.66. The fourth-order valence-corrected chi connectivity index (χ4v) is 2.44. The Hall–Kier alpha value is -2.04. The topological polar surface area (TPSA) is 58.6 Å². The summed E-state index contributed by atoms with van der Waals surface area (Å²) in [5.41, 5.74) is 1.03. The highest BCUT2D eigenvalue weighted by atomic mass is 16.5. The third-order valence-corrected chi connectivity index (χ3v) is 3.39. The molecule has 0 radical (unpaired) electrons. The molecule has 1 aromatic rings. The molecule has 2 aliphatic heterocycles. The number of carbonyl (C=O) groups excluding carboxylic acids is 2. The molecule has 1 fully saturated rings. The van der Waals surface area contributed by atoms with Crippen LogP contribution in [0.15, 0.2) is 24.3 Å². The summed E-state index contributed by atoms with van der Waals surface area (Å²) in [4.78, 5) is 25.1. The third kappa shape index (κ3) is 1.81. The predicted molar refractivity (Wildman–Crippen MR) is 64.0 cm³/mol. The quantitative estimate of drug-likeness (QED) is 0.783. The van der Waals surface area contributed by atoms with Gasteiger partial charge in [0.2, 0.25) is 11.8 Å². The number of amides is 2. The summed E-state index contributed by atoms with van der Waals surface area (Å²) < 4.78 is 5.58. The highest BCUT2D eigenvalue weighted by Crippen LogP contribution is 2.35. The molecule has 0 aliphatic carbocycles. The number of hydrogen-bond acceptors (Lipinski definition) is 3. The van der Waals surface area contributed by atoms with E-state index < -0.39 is 0 Å². The molecule has 5 heteroatoms. The second-order valence-corrected chi connectivity index (χ2v) is 4.48. The lowest BCUT2D eigenvalue weighted by Gasteiger charge is -2.26. The van der Waals surface area contributed by atoms with Crippen molar-refractivity contribution in [2.24, 2.45) is 0 Å². The van der Waals surface area contributed by atoms with Crippen molar-refractivity contribution in [1.82, 2.24) is 10.2 Å². The number of rotatable bonds is 1. The maximum atomic E-state index is 12.0. The van der Waals surface area contributed by atoms with Gasteiger partial charge in [0.05, 0.1) is 12.6 Å². The van der Waals surface area contributed by atoms with E-state index in [1.165, 1.54) is 0 Å². The summed E-state index contributed by atoms with van der Waals surface area (Å²) in [6, 6.07) is 7.66. The summed E-state index contributed by atoms with van der Waals surface area (Å²) in [6.07, 6.45) is 0.352. The summed E-state index contributed by atoms with van der Waals surface area (Å²) in [6.45, 7) is 1.00. The molecule has 5 nitrogen and oxygen atoms in total. The van der Waals surface area contributed by atoms with Crippen molar-refractivity contribution in [1.29, 1.82) is 0 Å². The Morgan fingerprint density at radius 1 is 1.28 bits per heavy atom. The molecule has 1 unspecified atom stereocenters. The first-order chi connectivity index (χ1) is 8.75. The summed E-state index contributed by atoms with van der Waals surface area (Å²) >= 11 is 0. The Labute approximate surface area is 105 Å². The van der Waals surface area contributed by atoms with E-state index in [9.17, 15) is 9.59 Å². The molecule has 1 atom stereocenters. The summed E-state index contributed by atoms with van der Waals surface area (Å²) in [5, 5.41) is 2.60. The van der Waals surface area contributed by atoms with E-state index in [4.69, 9.17) is 4.74 Å². The minimum Gasteiger partial charge on any atom is -0.491 e. The smallest absolute Gasteiger partial charge is 0.242 e. The van der Waals surface area contributed by atoms with Crippen LogP contribution in [-0.2, 0) is 9.59 Å². The minimum absolute atomic E-state index is 0.0499. The van der Waals surface area contributed by atoms with Gasteiger partial charge >= 0.3 is 0 Å². The van der Waals surface area contributed by atoms with E-state index in [1.54, 1.807) is 4.90 Å². The van der Waals surface area contributed by atoms with Crippen LogP contribution in [0, 0.1) is 0 Å². The Bertz CT molecular complexity index is 501. The molecule has 0 spiro atoms. The van der Waals surface area contributed by atoms with E-state index in [0.717, 1.165) is 11.3 Å². The van der Waals surface area contributed by atoms with Crippen LogP contribution >= 0.6 is 0 Å². The first kappa shape index (κ1) is 11.1. The van der Waals surface area contributed by atoms with E-state index in [0.29, 0.717) is 19.6 Å². The van der Waals surface area contributed by atoms with Crippen molar-refractivity contribution in [3.8, 4) is 5.75 Å². The van der Waals surface area contributed by atoms with E-state index >= 15 is 0 Å². The predicted octanol–water partition coefficient (Wildman–Crippen LogP) is 0.469. The van der Waals surface area contributed by atoms with Crippen LogP contribution in [-0.4, -0.2) is 36.4 Å². The molecule has 2 heterocycles. The van der Waals surface area contributed by atoms with Crippen molar-refractivity contribution in [2.45, 2.75) is 12.5 Å². The molecule has 3 rings (SSSR count). The summed E-state index contributed by atoms with van der Waals surface area (Å²) in [5.74, 6) is 0.711. The van der Waals surface area contributed by atoms with Crippen molar-refractivity contribution < 1.29 is 14.3 Å². The minimum atomic E-state index is -0.0712. The van der Waals surface area contributed by atoms with Gasteiger partial charge in [0.1, 0.15) is 12.4 Å². The summed E-state index contributed by atoms with van der Waals surface area (Å²) in [7, 11) is 0. The second-order valence-electron chi connectivity index (χ2n) is 4.48. The molecule has 94 valence electrons. The van der Waals surface area contributed by atoms with Gasteiger partial charge in [0, 0.05) is 18.5 Å². The van der Waals surface area contributed by atoms with Crippen LogP contribution in [0.1, 0.15) is 18.0 Å². The van der Waals surface area contributed by atoms with Crippen molar-refractivity contribution in [2.75, 3.05) is 19.7 Å². The molecule has 0 saturated carbocycles. The molecule has 1 N–H and O–H groups in total. The zero-order valence-corrected chi connectivity index (χ0v) is 9.89. The second kappa shape index (κ2) is 4.33. The Balaban J connectivity index is 1.87. The van der Waals surface area contributed by atoms with E-state index in [1.807, 2.05) is 24.3 Å². The van der Waals surface area contributed by atoms with E-state index in [2.05, 4.69) is 5.32 Å². The van der Waals surface area contributed by atoms with Gasteiger partial charge < -0.3 is 15.0 Å². The lowest BCUT2D eigenvalue weighted by Crippen LogP contribution is -2.38. The number of nitrogens with one attached hydrogen (secondary N) is 1.